The van der Waals surface area contributed by atoms with Crippen LogP contribution in [0, 0.1) is 5.92 Å². The number of carbonyl (C=O) groups excluding carboxylic acids is 1. The van der Waals surface area contributed by atoms with Gasteiger partial charge in [0.05, 0.1) is 12.5 Å². The van der Waals surface area contributed by atoms with Gasteiger partial charge in [-0.3, -0.25) is 4.79 Å². The van der Waals surface area contributed by atoms with E-state index in [1.165, 1.54) is 0 Å². The molecule has 1 amide bonds. The number of hydrogen-bond acceptors (Lipinski definition) is 5. The summed E-state index contributed by atoms with van der Waals surface area (Å²) >= 11 is 0. The van der Waals surface area contributed by atoms with E-state index in [-0.39, 0.29) is 17.4 Å². The summed E-state index contributed by atoms with van der Waals surface area (Å²) in [6.07, 6.45) is 3.00. The van der Waals surface area contributed by atoms with Gasteiger partial charge in [-0.1, -0.05) is 0 Å². The van der Waals surface area contributed by atoms with Crippen LogP contribution in [-0.2, 0) is 22.5 Å². The van der Waals surface area contributed by atoms with Gasteiger partial charge < -0.3 is 19.6 Å². The van der Waals surface area contributed by atoms with Gasteiger partial charge in [0.25, 0.3) is 0 Å². The Labute approximate surface area is 134 Å². The fourth-order valence-electron chi connectivity index (χ4n) is 3.27. The van der Waals surface area contributed by atoms with Gasteiger partial charge in [0.1, 0.15) is 11.4 Å². The van der Waals surface area contributed by atoms with Gasteiger partial charge >= 0.3 is 5.97 Å². The predicted octanol–water partition coefficient (Wildman–Crippen LogP) is 0.767. The smallest absolute Gasteiger partial charge is 0.339 e. The lowest BCUT2D eigenvalue weighted by Gasteiger charge is -2.32. The predicted molar refractivity (Wildman–Crippen MR) is 83.6 cm³/mol. The molecule has 7 nitrogen and oxygen atoms in total. The Balaban J connectivity index is 1.88. The first-order valence-electron chi connectivity index (χ1n) is 7.77. The fraction of sp³-hybridized carbons (Fsp3) is 0.562. The molecule has 0 aromatic carbocycles. The lowest BCUT2D eigenvalue weighted by molar-refractivity contribution is -0.136. The molecule has 124 valence electrons. The first-order valence-corrected chi connectivity index (χ1v) is 7.77. The van der Waals surface area contributed by atoms with Crippen molar-refractivity contribution in [2.45, 2.75) is 19.4 Å². The molecule has 0 bridgehead atoms. The molecule has 2 aliphatic rings. The van der Waals surface area contributed by atoms with Crippen LogP contribution in [0.1, 0.15) is 27.9 Å². The number of pyridine rings is 1. The minimum absolute atomic E-state index is 0.0653. The second-order valence-electron chi connectivity index (χ2n) is 6.23. The SMILES string of the molecule is CN(C)c1ncc2c(c1C(=O)O)CCN(C(=O)C1CCOC1)C2. The number of hydrogen-bond donors (Lipinski definition) is 1. The number of anilines is 1. The molecular weight excluding hydrogens is 298 g/mol. The highest BCUT2D eigenvalue weighted by atomic mass is 16.5. The van der Waals surface area contributed by atoms with Crippen molar-refractivity contribution in [2.24, 2.45) is 5.92 Å². The van der Waals surface area contributed by atoms with E-state index in [1.807, 2.05) is 0 Å². The molecule has 3 rings (SSSR count). The number of fused-ring (bicyclic) bond motifs is 1. The van der Waals surface area contributed by atoms with E-state index in [0.29, 0.717) is 38.5 Å². The monoisotopic (exact) mass is 319 g/mol. The molecule has 0 saturated carbocycles. The summed E-state index contributed by atoms with van der Waals surface area (Å²) in [5, 5.41) is 9.55. The van der Waals surface area contributed by atoms with Crippen molar-refractivity contribution >= 4 is 17.7 Å². The Hall–Kier alpha value is -2.15. The van der Waals surface area contributed by atoms with Crippen LogP contribution in [0.15, 0.2) is 6.20 Å². The molecule has 0 radical (unpaired) electrons. The van der Waals surface area contributed by atoms with Gasteiger partial charge in [0.15, 0.2) is 0 Å². The zero-order valence-electron chi connectivity index (χ0n) is 13.4. The number of nitrogens with zero attached hydrogens (tertiary/aromatic N) is 3. The number of carboxylic acid groups (broad SMARTS) is 1. The highest BCUT2D eigenvalue weighted by Gasteiger charge is 2.32. The van der Waals surface area contributed by atoms with Crippen LogP contribution < -0.4 is 4.90 Å². The third kappa shape index (κ3) is 2.88. The van der Waals surface area contributed by atoms with E-state index >= 15 is 0 Å². The lowest BCUT2D eigenvalue weighted by Crippen LogP contribution is -2.40. The highest BCUT2D eigenvalue weighted by Crippen LogP contribution is 2.29. The van der Waals surface area contributed by atoms with E-state index in [1.54, 1.807) is 30.1 Å². The second-order valence-corrected chi connectivity index (χ2v) is 6.23. The number of amides is 1. The van der Waals surface area contributed by atoms with Gasteiger partial charge in [-0.25, -0.2) is 9.78 Å². The Bertz CT molecular complexity index is 638. The summed E-state index contributed by atoms with van der Waals surface area (Å²) < 4.78 is 5.29. The van der Waals surface area contributed by atoms with Crippen LogP contribution in [0.25, 0.3) is 0 Å². The molecular formula is C16H21N3O4. The van der Waals surface area contributed by atoms with Crippen molar-refractivity contribution in [2.75, 3.05) is 38.8 Å². The van der Waals surface area contributed by atoms with E-state index in [4.69, 9.17) is 4.74 Å². The average Bonchev–Trinajstić information content (AvgIpc) is 3.06. The summed E-state index contributed by atoms with van der Waals surface area (Å²) in [5.41, 5.74) is 1.87. The molecule has 1 atom stereocenters. The van der Waals surface area contributed by atoms with Crippen LogP contribution in [0.2, 0.25) is 0 Å². The number of aromatic nitrogens is 1. The van der Waals surface area contributed by atoms with E-state index in [0.717, 1.165) is 17.5 Å². The summed E-state index contributed by atoms with van der Waals surface area (Å²) in [5.74, 6) is -0.478. The van der Waals surface area contributed by atoms with Crippen molar-refractivity contribution in [1.29, 1.82) is 0 Å². The lowest BCUT2D eigenvalue weighted by atomic mass is 9.95. The molecule has 1 aromatic heterocycles. The Kier molecular flexibility index (Phi) is 4.21. The van der Waals surface area contributed by atoms with Gasteiger partial charge in [-0.05, 0) is 24.0 Å². The Morgan fingerprint density at radius 1 is 1.43 bits per heavy atom. The summed E-state index contributed by atoms with van der Waals surface area (Å²) in [7, 11) is 3.56. The zero-order chi connectivity index (χ0) is 16.6. The molecule has 3 heterocycles. The zero-order valence-corrected chi connectivity index (χ0v) is 13.4. The van der Waals surface area contributed by atoms with Crippen LogP contribution in [-0.4, -0.2) is 60.7 Å². The molecule has 1 aromatic rings. The largest absolute Gasteiger partial charge is 0.478 e. The van der Waals surface area contributed by atoms with Crippen molar-refractivity contribution < 1.29 is 19.4 Å². The molecule has 1 saturated heterocycles. The number of rotatable bonds is 3. The Morgan fingerprint density at radius 2 is 2.22 bits per heavy atom. The standard InChI is InChI=1S/C16H21N3O4/c1-18(2)14-13(16(21)22)12-3-5-19(8-11(12)7-17-14)15(20)10-4-6-23-9-10/h7,10H,3-6,8-9H2,1-2H3,(H,21,22). The van der Waals surface area contributed by atoms with E-state index in [9.17, 15) is 14.7 Å². The minimum atomic E-state index is -0.970. The second kappa shape index (κ2) is 6.16. The van der Waals surface area contributed by atoms with Gasteiger partial charge in [-0.2, -0.15) is 0 Å². The number of aromatic carboxylic acids is 1. The third-order valence-electron chi connectivity index (χ3n) is 4.48. The summed E-state index contributed by atoms with van der Waals surface area (Å²) in [4.78, 5) is 32.0. The topological polar surface area (TPSA) is 83.0 Å². The molecule has 1 N–H and O–H groups in total. The number of carbonyl (C=O) groups is 2. The first kappa shape index (κ1) is 15.7. The molecule has 0 aliphatic carbocycles. The van der Waals surface area contributed by atoms with Crippen LogP contribution in [0.5, 0.6) is 0 Å². The normalized spacial score (nSPS) is 20.3. The first-order chi connectivity index (χ1) is 11.0. The van der Waals surface area contributed by atoms with Gasteiger partial charge in [-0.15, -0.1) is 0 Å². The van der Waals surface area contributed by atoms with Gasteiger partial charge in [0.2, 0.25) is 5.91 Å². The van der Waals surface area contributed by atoms with Crippen molar-refractivity contribution in [3.63, 3.8) is 0 Å². The highest BCUT2D eigenvalue weighted by molar-refractivity contribution is 5.95. The quantitative estimate of drug-likeness (QED) is 0.886. The fourth-order valence-corrected chi connectivity index (χ4v) is 3.27. The number of ether oxygens (including phenoxy) is 1. The minimum Gasteiger partial charge on any atom is -0.478 e. The van der Waals surface area contributed by atoms with Crippen molar-refractivity contribution in [3.05, 3.63) is 22.9 Å². The molecule has 23 heavy (non-hydrogen) atoms. The maximum Gasteiger partial charge on any atom is 0.339 e. The number of carboxylic acids is 1. The molecule has 2 aliphatic heterocycles. The molecule has 7 heteroatoms. The maximum atomic E-state index is 12.5. The van der Waals surface area contributed by atoms with Crippen LogP contribution in [0.3, 0.4) is 0 Å². The van der Waals surface area contributed by atoms with Crippen molar-refractivity contribution in [1.82, 2.24) is 9.88 Å². The van der Waals surface area contributed by atoms with Crippen LogP contribution >= 0.6 is 0 Å². The average molecular weight is 319 g/mol. The summed E-state index contributed by atoms with van der Waals surface area (Å²) in [6.45, 7) is 2.09. The molecule has 0 spiro atoms. The third-order valence-corrected chi connectivity index (χ3v) is 4.48. The van der Waals surface area contributed by atoms with Gasteiger partial charge in [0, 0.05) is 40.0 Å². The van der Waals surface area contributed by atoms with Crippen LogP contribution in [0.4, 0.5) is 5.82 Å². The molecule has 1 unspecified atom stereocenters. The van der Waals surface area contributed by atoms with E-state index in [2.05, 4.69) is 4.98 Å². The maximum absolute atomic E-state index is 12.5. The summed E-state index contributed by atoms with van der Waals surface area (Å²) in [6, 6.07) is 0. The van der Waals surface area contributed by atoms with Crippen molar-refractivity contribution in [3.8, 4) is 0 Å². The van der Waals surface area contributed by atoms with E-state index < -0.39 is 5.97 Å². The molecule has 1 fully saturated rings. The Morgan fingerprint density at radius 3 is 2.83 bits per heavy atom.